The van der Waals surface area contributed by atoms with Gasteiger partial charge in [-0.2, -0.15) is 5.10 Å². The molecule has 1 unspecified atom stereocenters. The second kappa shape index (κ2) is 9.77. The van der Waals surface area contributed by atoms with E-state index in [0.29, 0.717) is 24.6 Å². The molecule has 6 heteroatoms. The topological polar surface area (TPSA) is 77.1 Å². The fraction of sp³-hybridized carbons (Fsp3) is 0.400. The summed E-state index contributed by atoms with van der Waals surface area (Å²) in [5.74, 6) is 0.565. The molecule has 31 heavy (non-hydrogen) atoms. The van der Waals surface area contributed by atoms with Crippen molar-refractivity contribution in [3.05, 3.63) is 76.0 Å². The second-order valence-corrected chi connectivity index (χ2v) is 8.49. The monoisotopic (exact) mass is 421 g/mol. The van der Waals surface area contributed by atoms with E-state index in [1.807, 2.05) is 36.4 Å². The van der Waals surface area contributed by atoms with Gasteiger partial charge in [-0.05, 0) is 41.5 Å². The van der Waals surface area contributed by atoms with E-state index in [0.717, 1.165) is 29.8 Å². The molecule has 0 bridgehead atoms. The Balaban J connectivity index is 1.91. The Hall–Kier alpha value is -3.15. The van der Waals surface area contributed by atoms with Crippen molar-refractivity contribution in [2.75, 3.05) is 0 Å². The molecule has 164 valence electrons. The lowest BCUT2D eigenvalue weighted by molar-refractivity contribution is 0.0697. The lowest BCUT2D eigenvalue weighted by atomic mass is 9.98. The van der Waals surface area contributed by atoms with Crippen LogP contribution < -0.4 is 5.69 Å². The zero-order valence-corrected chi connectivity index (χ0v) is 18.7. The first-order valence-electron chi connectivity index (χ1n) is 10.9. The summed E-state index contributed by atoms with van der Waals surface area (Å²) >= 11 is 0. The fourth-order valence-electron chi connectivity index (χ4n) is 3.57. The summed E-state index contributed by atoms with van der Waals surface area (Å²) < 4.78 is 3.37. The van der Waals surface area contributed by atoms with Crippen molar-refractivity contribution >= 4 is 5.97 Å². The summed E-state index contributed by atoms with van der Waals surface area (Å²) in [6.07, 6.45) is 1.82. The normalized spacial score (nSPS) is 12.3. The van der Waals surface area contributed by atoms with Crippen molar-refractivity contribution in [3.63, 3.8) is 0 Å². The van der Waals surface area contributed by atoms with Crippen molar-refractivity contribution in [1.29, 1.82) is 0 Å². The number of aromatic nitrogens is 3. The van der Waals surface area contributed by atoms with Gasteiger partial charge >= 0.3 is 11.7 Å². The van der Waals surface area contributed by atoms with E-state index in [2.05, 4.69) is 32.8 Å². The maximum Gasteiger partial charge on any atom is 0.346 e. The first kappa shape index (κ1) is 22.5. The van der Waals surface area contributed by atoms with Gasteiger partial charge in [0.15, 0.2) is 0 Å². The number of aromatic carboxylic acids is 1. The molecule has 0 amide bonds. The number of carboxylic acids is 1. The average molecular weight is 422 g/mol. The van der Waals surface area contributed by atoms with E-state index in [4.69, 9.17) is 0 Å². The molecule has 0 saturated heterocycles. The molecule has 0 aliphatic heterocycles. The van der Waals surface area contributed by atoms with E-state index in [1.54, 1.807) is 21.4 Å². The van der Waals surface area contributed by atoms with E-state index >= 15 is 0 Å². The minimum atomic E-state index is -0.946. The molecule has 0 aliphatic rings. The Bertz CT molecular complexity index is 1090. The summed E-state index contributed by atoms with van der Waals surface area (Å²) in [5.41, 5.74) is 2.70. The largest absolute Gasteiger partial charge is 0.478 e. The molecule has 3 rings (SSSR count). The minimum Gasteiger partial charge on any atom is -0.478 e. The molecule has 0 fully saturated rings. The van der Waals surface area contributed by atoms with Gasteiger partial charge in [-0.25, -0.2) is 14.3 Å². The third kappa shape index (κ3) is 5.13. The highest BCUT2D eigenvalue weighted by Crippen LogP contribution is 2.25. The van der Waals surface area contributed by atoms with E-state index in [9.17, 15) is 14.7 Å². The van der Waals surface area contributed by atoms with Crippen LogP contribution in [-0.2, 0) is 13.1 Å². The molecule has 0 spiro atoms. The number of hydrogen-bond acceptors (Lipinski definition) is 3. The Morgan fingerprint density at radius 3 is 2.35 bits per heavy atom. The van der Waals surface area contributed by atoms with Crippen LogP contribution in [0.2, 0.25) is 0 Å². The van der Waals surface area contributed by atoms with Crippen molar-refractivity contribution in [3.8, 4) is 11.1 Å². The Morgan fingerprint density at radius 1 is 1.06 bits per heavy atom. The predicted octanol–water partition coefficient (Wildman–Crippen LogP) is 5.02. The number of nitrogens with zero attached hydrogens (tertiary/aromatic N) is 3. The highest BCUT2D eigenvalue weighted by Gasteiger charge is 2.18. The van der Waals surface area contributed by atoms with E-state index < -0.39 is 5.97 Å². The SMILES string of the molecule is CCC(C)c1nn(CCC(C)C)c(=O)n1Cc1ccc(-c2ccccc2C(=O)O)cc1. The van der Waals surface area contributed by atoms with Crippen LogP contribution in [0.5, 0.6) is 0 Å². The van der Waals surface area contributed by atoms with Gasteiger partial charge in [-0.1, -0.05) is 70.2 Å². The van der Waals surface area contributed by atoms with Gasteiger partial charge in [0.25, 0.3) is 0 Å². The van der Waals surface area contributed by atoms with Crippen LogP contribution in [0.1, 0.15) is 68.2 Å². The van der Waals surface area contributed by atoms with Crippen LogP contribution >= 0.6 is 0 Å². The number of benzene rings is 2. The highest BCUT2D eigenvalue weighted by molar-refractivity contribution is 5.95. The molecule has 0 aliphatic carbocycles. The molecule has 1 N–H and O–H groups in total. The molecular weight excluding hydrogens is 390 g/mol. The Kier molecular flexibility index (Phi) is 7.10. The fourth-order valence-corrected chi connectivity index (χ4v) is 3.57. The zero-order chi connectivity index (χ0) is 22.5. The predicted molar refractivity (Wildman–Crippen MR) is 123 cm³/mol. The Labute approximate surface area is 183 Å². The minimum absolute atomic E-state index is 0.0729. The van der Waals surface area contributed by atoms with Gasteiger partial charge in [0, 0.05) is 12.5 Å². The van der Waals surface area contributed by atoms with Crippen LogP contribution in [0.3, 0.4) is 0 Å². The van der Waals surface area contributed by atoms with Crippen LogP contribution in [0, 0.1) is 5.92 Å². The van der Waals surface area contributed by atoms with Crippen LogP contribution in [0.25, 0.3) is 11.1 Å². The average Bonchev–Trinajstić information content (AvgIpc) is 3.07. The lowest BCUT2D eigenvalue weighted by Gasteiger charge is -2.11. The van der Waals surface area contributed by atoms with Crippen LogP contribution in [0.15, 0.2) is 53.3 Å². The quantitative estimate of drug-likeness (QED) is 0.526. The van der Waals surface area contributed by atoms with E-state index in [1.165, 1.54) is 0 Å². The standard InChI is InChI=1S/C25H31N3O3/c1-5-18(4)23-26-28(15-14-17(2)3)25(31)27(23)16-19-10-12-20(13-11-19)21-8-6-7-9-22(21)24(29)30/h6-13,17-18H,5,14-16H2,1-4H3,(H,29,30). The van der Waals surface area contributed by atoms with Gasteiger partial charge in [0.1, 0.15) is 5.82 Å². The zero-order valence-electron chi connectivity index (χ0n) is 18.7. The maximum atomic E-state index is 13.0. The van der Waals surface area contributed by atoms with Crippen LogP contribution in [0.4, 0.5) is 0 Å². The molecule has 1 heterocycles. The maximum absolute atomic E-state index is 13.0. The van der Waals surface area contributed by atoms with Crippen molar-refractivity contribution < 1.29 is 9.90 Å². The van der Waals surface area contributed by atoms with Crippen molar-refractivity contribution in [2.24, 2.45) is 5.92 Å². The van der Waals surface area contributed by atoms with Gasteiger partial charge in [0.05, 0.1) is 12.1 Å². The smallest absolute Gasteiger partial charge is 0.346 e. The van der Waals surface area contributed by atoms with Crippen molar-refractivity contribution in [1.82, 2.24) is 14.3 Å². The molecule has 0 radical (unpaired) electrons. The van der Waals surface area contributed by atoms with Crippen molar-refractivity contribution in [2.45, 2.75) is 59.5 Å². The third-order valence-corrected chi connectivity index (χ3v) is 5.69. The summed E-state index contributed by atoms with van der Waals surface area (Å²) in [7, 11) is 0. The number of rotatable bonds is 9. The lowest BCUT2D eigenvalue weighted by Crippen LogP contribution is -2.26. The first-order chi connectivity index (χ1) is 14.8. The van der Waals surface area contributed by atoms with Gasteiger partial charge in [-0.3, -0.25) is 4.57 Å². The summed E-state index contributed by atoms with van der Waals surface area (Å²) in [6.45, 7) is 9.54. The summed E-state index contributed by atoms with van der Waals surface area (Å²) in [6, 6.07) is 14.7. The molecule has 3 aromatic rings. The number of carboxylic acid groups (broad SMARTS) is 1. The molecule has 2 aromatic carbocycles. The first-order valence-corrected chi connectivity index (χ1v) is 10.9. The summed E-state index contributed by atoms with van der Waals surface area (Å²) in [4.78, 5) is 24.6. The Morgan fingerprint density at radius 2 is 1.74 bits per heavy atom. The number of aryl methyl sites for hydroxylation is 1. The van der Waals surface area contributed by atoms with Gasteiger partial charge < -0.3 is 5.11 Å². The molecule has 0 saturated carbocycles. The molecule has 1 atom stereocenters. The second-order valence-electron chi connectivity index (χ2n) is 8.49. The molecule has 1 aromatic heterocycles. The van der Waals surface area contributed by atoms with E-state index in [-0.39, 0.29) is 17.2 Å². The highest BCUT2D eigenvalue weighted by atomic mass is 16.4. The third-order valence-electron chi connectivity index (χ3n) is 5.69. The van der Waals surface area contributed by atoms with Gasteiger partial charge in [-0.15, -0.1) is 0 Å². The number of carbonyl (C=O) groups is 1. The summed E-state index contributed by atoms with van der Waals surface area (Å²) in [5, 5.41) is 14.1. The number of hydrogen-bond donors (Lipinski definition) is 1. The van der Waals surface area contributed by atoms with Gasteiger partial charge in [0.2, 0.25) is 0 Å². The molecule has 6 nitrogen and oxygen atoms in total. The van der Waals surface area contributed by atoms with Crippen LogP contribution in [-0.4, -0.2) is 25.4 Å². The molecular formula is C25H31N3O3.